The van der Waals surface area contributed by atoms with Crippen molar-refractivity contribution in [3.05, 3.63) is 89.5 Å². The van der Waals surface area contributed by atoms with E-state index in [-0.39, 0.29) is 11.8 Å². The van der Waals surface area contributed by atoms with E-state index >= 15 is 0 Å². The van der Waals surface area contributed by atoms with Gasteiger partial charge in [0.05, 0.1) is 5.69 Å². The highest BCUT2D eigenvalue weighted by Crippen LogP contribution is 2.38. The summed E-state index contributed by atoms with van der Waals surface area (Å²) in [4.78, 5) is 33.4. The Bertz CT molecular complexity index is 1150. The molecule has 158 valence electrons. The van der Waals surface area contributed by atoms with Crippen molar-refractivity contribution in [2.45, 2.75) is 13.8 Å². The van der Waals surface area contributed by atoms with Crippen molar-refractivity contribution in [2.75, 3.05) is 18.4 Å². The Morgan fingerprint density at radius 1 is 1.13 bits per heavy atom. The molecule has 2 heterocycles. The first-order valence-electron chi connectivity index (χ1n) is 9.90. The number of hydrogen-bond acceptors (Lipinski definition) is 4. The van der Waals surface area contributed by atoms with Crippen LogP contribution < -0.4 is 5.32 Å². The second-order valence-corrected chi connectivity index (χ2v) is 8.09. The highest BCUT2D eigenvalue weighted by atomic mass is 32.1. The summed E-state index contributed by atoms with van der Waals surface area (Å²) in [6.45, 7) is 12.1. The highest BCUT2D eigenvalue weighted by Gasteiger charge is 2.25. The average Bonchev–Trinajstić information content (AvgIpc) is 3.10. The van der Waals surface area contributed by atoms with Gasteiger partial charge in [0.25, 0.3) is 5.91 Å². The Morgan fingerprint density at radius 3 is 2.45 bits per heavy atom. The van der Waals surface area contributed by atoms with Gasteiger partial charge < -0.3 is 10.2 Å². The molecule has 0 atom stereocenters. The maximum atomic E-state index is 13.3. The minimum atomic E-state index is -0.309. The molecule has 0 saturated heterocycles. The van der Waals surface area contributed by atoms with Crippen molar-refractivity contribution in [2.24, 2.45) is 0 Å². The maximum Gasteiger partial charge on any atom is 0.266 e. The summed E-state index contributed by atoms with van der Waals surface area (Å²) in [5, 5.41) is 3.72. The molecule has 0 spiro atoms. The predicted molar refractivity (Wildman–Crippen MR) is 129 cm³/mol. The number of thiophene rings is 1. The van der Waals surface area contributed by atoms with E-state index in [2.05, 4.69) is 23.5 Å². The molecule has 1 N–H and O–H groups in total. The van der Waals surface area contributed by atoms with Crippen LogP contribution in [0.2, 0.25) is 0 Å². The van der Waals surface area contributed by atoms with Gasteiger partial charge in [0.15, 0.2) is 0 Å². The fourth-order valence-corrected chi connectivity index (χ4v) is 4.53. The predicted octanol–water partition coefficient (Wildman–Crippen LogP) is 5.38. The van der Waals surface area contributed by atoms with Gasteiger partial charge in [-0.25, -0.2) is 4.98 Å². The minimum absolute atomic E-state index is 0.192. The molecule has 31 heavy (non-hydrogen) atoms. The van der Waals surface area contributed by atoms with E-state index in [4.69, 9.17) is 0 Å². The van der Waals surface area contributed by atoms with E-state index in [1.807, 2.05) is 50.2 Å². The number of fused-ring (bicyclic) bond motifs is 1. The molecular formula is C25H25N3O2S. The molecule has 2 amide bonds. The zero-order chi connectivity index (χ0) is 22.4. The van der Waals surface area contributed by atoms with E-state index < -0.39 is 0 Å². The quantitative estimate of drug-likeness (QED) is 0.385. The summed E-state index contributed by atoms with van der Waals surface area (Å²) in [6.07, 6.45) is 6.55. The Kier molecular flexibility index (Phi) is 7.15. The monoisotopic (exact) mass is 431 g/mol. The van der Waals surface area contributed by atoms with Crippen molar-refractivity contribution in [3.63, 3.8) is 0 Å². The van der Waals surface area contributed by atoms with E-state index in [9.17, 15) is 9.59 Å². The van der Waals surface area contributed by atoms with Crippen LogP contribution in [0.5, 0.6) is 0 Å². The first kappa shape index (κ1) is 22.2. The summed E-state index contributed by atoms with van der Waals surface area (Å²) < 4.78 is 0. The molecule has 1 aromatic carbocycles. The lowest BCUT2D eigenvalue weighted by Crippen LogP contribution is -2.31. The van der Waals surface area contributed by atoms with Crippen molar-refractivity contribution in [1.82, 2.24) is 9.88 Å². The number of benzene rings is 1. The number of pyridine rings is 1. The molecule has 2 aromatic heterocycles. The van der Waals surface area contributed by atoms with Gasteiger partial charge in [-0.2, -0.15) is 0 Å². The summed E-state index contributed by atoms with van der Waals surface area (Å²) in [5.74, 6) is -0.501. The number of aryl methyl sites for hydroxylation is 2. The van der Waals surface area contributed by atoms with Crippen LogP contribution in [-0.4, -0.2) is 34.8 Å². The molecule has 0 fully saturated rings. The highest BCUT2D eigenvalue weighted by molar-refractivity contribution is 7.21. The lowest BCUT2D eigenvalue weighted by Gasteiger charge is -2.19. The molecule has 0 aliphatic heterocycles. The normalized spacial score (nSPS) is 10.9. The van der Waals surface area contributed by atoms with Crippen LogP contribution in [0.4, 0.5) is 5.69 Å². The summed E-state index contributed by atoms with van der Waals surface area (Å²) >= 11 is 1.29. The first-order valence-corrected chi connectivity index (χ1v) is 10.7. The van der Waals surface area contributed by atoms with E-state index in [1.165, 1.54) is 17.4 Å². The lowest BCUT2D eigenvalue weighted by molar-refractivity contribution is -0.111. The van der Waals surface area contributed by atoms with Crippen LogP contribution >= 0.6 is 11.3 Å². The Hall–Kier alpha value is -3.51. The van der Waals surface area contributed by atoms with Crippen molar-refractivity contribution < 1.29 is 9.59 Å². The Morgan fingerprint density at radius 2 is 1.81 bits per heavy atom. The summed E-state index contributed by atoms with van der Waals surface area (Å²) in [5.41, 5.74) is 3.23. The average molecular weight is 432 g/mol. The maximum absolute atomic E-state index is 13.3. The largest absolute Gasteiger partial charge is 0.330 e. The van der Waals surface area contributed by atoms with Gasteiger partial charge in [0, 0.05) is 30.2 Å². The lowest BCUT2D eigenvalue weighted by atomic mass is 10.1. The van der Waals surface area contributed by atoms with Crippen molar-refractivity contribution in [1.29, 1.82) is 0 Å². The molecule has 5 nitrogen and oxygen atoms in total. The zero-order valence-electron chi connectivity index (χ0n) is 17.7. The van der Waals surface area contributed by atoms with E-state index in [0.717, 1.165) is 27.0 Å². The zero-order valence-corrected chi connectivity index (χ0v) is 18.5. The third-order valence-electron chi connectivity index (χ3n) is 4.64. The van der Waals surface area contributed by atoms with Gasteiger partial charge in [0.2, 0.25) is 5.91 Å². The number of nitrogens with zero attached hydrogens (tertiary/aromatic N) is 2. The van der Waals surface area contributed by atoms with Crippen LogP contribution in [0.15, 0.2) is 67.8 Å². The number of carbonyl (C=O) groups is 2. The van der Waals surface area contributed by atoms with Crippen molar-refractivity contribution >= 4 is 45.1 Å². The number of rotatable bonds is 8. The van der Waals surface area contributed by atoms with Gasteiger partial charge in [0.1, 0.15) is 9.71 Å². The van der Waals surface area contributed by atoms with Gasteiger partial charge in [-0.1, -0.05) is 42.5 Å². The van der Waals surface area contributed by atoms with Crippen LogP contribution in [0.25, 0.3) is 16.3 Å². The molecule has 0 saturated carbocycles. The van der Waals surface area contributed by atoms with Crippen LogP contribution in [-0.2, 0) is 4.79 Å². The molecule has 0 radical (unpaired) electrons. The SMILES string of the molecule is C=CCN(CC=C)C(=O)c1sc2nc(C)cc(C)c2c1NC(=O)C=Cc1ccccc1. The fraction of sp³-hybridized carbons (Fsp3) is 0.160. The van der Waals surface area contributed by atoms with Crippen molar-refractivity contribution in [3.8, 4) is 0 Å². The third-order valence-corrected chi connectivity index (χ3v) is 5.71. The van der Waals surface area contributed by atoms with Gasteiger partial charge >= 0.3 is 0 Å². The fourth-order valence-electron chi connectivity index (χ4n) is 3.31. The second-order valence-electron chi connectivity index (χ2n) is 7.09. The second kappa shape index (κ2) is 10.00. The molecule has 0 unspecified atom stereocenters. The van der Waals surface area contributed by atoms with Gasteiger partial charge in [-0.05, 0) is 37.1 Å². The molecule has 3 aromatic rings. The number of nitrogens with one attached hydrogen (secondary N) is 1. The number of amides is 2. The third kappa shape index (κ3) is 5.16. The molecule has 0 aliphatic carbocycles. The summed E-state index contributed by atoms with van der Waals surface area (Å²) in [6, 6.07) is 11.5. The summed E-state index contributed by atoms with van der Waals surface area (Å²) in [7, 11) is 0. The number of anilines is 1. The molecule has 0 bridgehead atoms. The first-order chi connectivity index (χ1) is 14.9. The van der Waals surface area contributed by atoms with Crippen LogP contribution in [0.1, 0.15) is 26.5 Å². The number of hydrogen-bond donors (Lipinski definition) is 1. The topological polar surface area (TPSA) is 62.3 Å². The van der Waals surface area contributed by atoms with Gasteiger partial charge in [-0.3, -0.25) is 9.59 Å². The molecule has 0 aliphatic rings. The number of carbonyl (C=O) groups excluding carboxylic acids is 2. The van der Waals surface area contributed by atoms with Gasteiger partial charge in [-0.15, -0.1) is 24.5 Å². The Labute approximate surface area is 186 Å². The smallest absolute Gasteiger partial charge is 0.266 e. The Balaban J connectivity index is 2.03. The standard InChI is InChI=1S/C25H25N3O2S/c1-5-14-28(15-6-2)25(30)23-22(21-17(3)16-18(4)26-24(21)31-23)27-20(29)13-12-19-10-8-7-9-11-19/h5-13,16H,1-2,14-15H2,3-4H3,(H,27,29). The van der Waals surface area contributed by atoms with E-state index in [0.29, 0.717) is 23.7 Å². The molecular weight excluding hydrogens is 406 g/mol. The molecule has 3 rings (SSSR count). The van der Waals surface area contributed by atoms with Crippen LogP contribution in [0.3, 0.4) is 0 Å². The molecule has 6 heteroatoms. The van der Waals surface area contributed by atoms with Crippen LogP contribution in [0, 0.1) is 13.8 Å². The minimum Gasteiger partial charge on any atom is -0.330 e. The van der Waals surface area contributed by atoms with E-state index in [1.54, 1.807) is 23.1 Å². The number of aromatic nitrogens is 1.